The summed E-state index contributed by atoms with van der Waals surface area (Å²) in [6, 6.07) is 25.0. The van der Waals surface area contributed by atoms with E-state index < -0.39 is 0 Å². The largest absolute Gasteiger partial charge is 0.492 e. The molecular formula is C40H45NO. The molecule has 216 valence electrons. The second-order valence-corrected chi connectivity index (χ2v) is 12.8. The Morgan fingerprint density at radius 3 is 2.57 bits per heavy atom. The third-order valence-corrected chi connectivity index (χ3v) is 10.1. The Balaban J connectivity index is 1.12. The molecule has 0 spiro atoms. The molecule has 0 bridgehead atoms. The third kappa shape index (κ3) is 5.54. The molecule has 1 heterocycles. The topological polar surface area (TPSA) is 12.5 Å². The summed E-state index contributed by atoms with van der Waals surface area (Å²) >= 11 is 0. The first-order valence-corrected chi connectivity index (χ1v) is 16.6. The summed E-state index contributed by atoms with van der Waals surface area (Å²) in [6.07, 6.45) is 17.3. The van der Waals surface area contributed by atoms with Crippen LogP contribution in [0.3, 0.4) is 0 Å². The van der Waals surface area contributed by atoms with Crippen molar-refractivity contribution >= 4 is 27.1 Å². The quantitative estimate of drug-likeness (QED) is 0.190. The molecule has 0 amide bonds. The Labute approximate surface area is 252 Å². The molecule has 1 saturated heterocycles. The van der Waals surface area contributed by atoms with Gasteiger partial charge in [0.2, 0.25) is 0 Å². The van der Waals surface area contributed by atoms with Crippen LogP contribution < -0.4 is 4.74 Å². The minimum Gasteiger partial charge on any atom is -0.492 e. The van der Waals surface area contributed by atoms with Crippen molar-refractivity contribution in [1.29, 1.82) is 0 Å². The zero-order valence-corrected chi connectivity index (χ0v) is 25.3. The highest BCUT2D eigenvalue weighted by Gasteiger charge is 2.22. The Morgan fingerprint density at radius 1 is 0.810 bits per heavy atom. The predicted molar refractivity (Wildman–Crippen MR) is 179 cm³/mol. The van der Waals surface area contributed by atoms with E-state index in [4.69, 9.17) is 4.74 Å². The number of hydrogen-bond donors (Lipinski definition) is 0. The molecule has 0 N–H and O–H groups in total. The maximum absolute atomic E-state index is 6.75. The first kappa shape index (κ1) is 27.5. The number of unbranched alkanes of at least 4 members (excludes halogenated alkanes) is 2. The van der Waals surface area contributed by atoms with Gasteiger partial charge in [0.15, 0.2) is 0 Å². The molecule has 1 aliphatic heterocycles. The number of piperidine rings is 1. The molecule has 2 nitrogen and oxygen atoms in total. The summed E-state index contributed by atoms with van der Waals surface area (Å²) < 4.78 is 6.75. The van der Waals surface area contributed by atoms with Gasteiger partial charge in [-0.05, 0) is 121 Å². The standard InChI is InChI=1S/C40H45NO/c1-2-3-8-24-41-25-21-29(22-26-41)23-27-42-40-36-12-7-5-10-31(36)13-18-37(40)33-15-17-35-32(28-33)16-20-38-34-11-6-4-9-30(34)14-19-39(35)38/h5-7,10-13,15-18,20,28-29H,2-4,8-9,14,19,21-27H2,1H3. The van der Waals surface area contributed by atoms with Crippen molar-refractivity contribution in [2.24, 2.45) is 5.92 Å². The van der Waals surface area contributed by atoms with E-state index in [-0.39, 0.29) is 0 Å². The van der Waals surface area contributed by atoms with Gasteiger partial charge in [-0.2, -0.15) is 0 Å². The molecule has 1 fully saturated rings. The molecule has 0 saturated carbocycles. The summed E-state index contributed by atoms with van der Waals surface area (Å²) in [5.74, 6) is 1.82. The van der Waals surface area contributed by atoms with Gasteiger partial charge in [-0.25, -0.2) is 0 Å². The zero-order chi connectivity index (χ0) is 28.3. The van der Waals surface area contributed by atoms with Crippen molar-refractivity contribution in [2.75, 3.05) is 26.2 Å². The molecule has 42 heavy (non-hydrogen) atoms. The molecule has 3 aliphatic rings. The predicted octanol–water partition coefficient (Wildman–Crippen LogP) is 10.4. The summed E-state index contributed by atoms with van der Waals surface area (Å²) in [5.41, 5.74) is 8.57. The monoisotopic (exact) mass is 555 g/mol. The first-order chi connectivity index (χ1) is 20.8. The Morgan fingerprint density at radius 2 is 1.67 bits per heavy atom. The fourth-order valence-electron chi connectivity index (χ4n) is 7.65. The van der Waals surface area contributed by atoms with E-state index >= 15 is 0 Å². The molecule has 0 aromatic heterocycles. The Kier molecular flexibility index (Phi) is 8.16. The fourth-order valence-corrected chi connectivity index (χ4v) is 7.65. The van der Waals surface area contributed by atoms with Crippen molar-refractivity contribution in [3.05, 3.63) is 95.6 Å². The molecular weight excluding hydrogens is 510 g/mol. The van der Waals surface area contributed by atoms with E-state index in [2.05, 4.69) is 90.7 Å². The smallest absolute Gasteiger partial charge is 0.134 e. The van der Waals surface area contributed by atoms with Crippen LogP contribution in [0.1, 0.15) is 75.8 Å². The highest BCUT2D eigenvalue weighted by atomic mass is 16.5. The molecule has 4 aromatic rings. The second kappa shape index (κ2) is 12.5. The van der Waals surface area contributed by atoms with Crippen LogP contribution in [0.25, 0.3) is 38.2 Å². The lowest BCUT2D eigenvalue weighted by atomic mass is 9.79. The van der Waals surface area contributed by atoms with Crippen LogP contribution in [0, 0.1) is 5.92 Å². The molecule has 0 atom stereocenters. The molecule has 2 aliphatic carbocycles. The molecule has 0 radical (unpaired) electrons. The number of rotatable bonds is 9. The van der Waals surface area contributed by atoms with Crippen molar-refractivity contribution < 1.29 is 4.74 Å². The van der Waals surface area contributed by atoms with Gasteiger partial charge < -0.3 is 9.64 Å². The third-order valence-electron chi connectivity index (χ3n) is 10.1. The normalized spacial score (nSPS) is 17.5. The van der Waals surface area contributed by atoms with Crippen molar-refractivity contribution in [3.8, 4) is 16.9 Å². The van der Waals surface area contributed by atoms with Crippen LogP contribution in [-0.2, 0) is 6.42 Å². The van der Waals surface area contributed by atoms with Crippen LogP contribution in [0.15, 0.2) is 84.5 Å². The highest BCUT2D eigenvalue weighted by molar-refractivity contribution is 5.99. The van der Waals surface area contributed by atoms with E-state index in [1.807, 2.05) is 0 Å². The van der Waals surface area contributed by atoms with E-state index in [0.29, 0.717) is 0 Å². The van der Waals surface area contributed by atoms with Crippen LogP contribution in [-0.4, -0.2) is 31.1 Å². The minimum atomic E-state index is 0.771. The summed E-state index contributed by atoms with van der Waals surface area (Å²) in [4.78, 5) is 2.67. The van der Waals surface area contributed by atoms with Crippen LogP contribution >= 0.6 is 0 Å². The summed E-state index contributed by atoms with van der Waals surface area (Å²) in [7, 11) is 0. The van der Waals surface area contributed by atoms with E-state index in [0.717, 1.165) is 31.1 Å². The Bertz CT molecular complexity index is 1630. The lowest BCUT2D eigenvalue weighted by Gasteiger charge is -2.32. The molecule has 0 unspecified atom stereocenters. The number of hydrogen-bond acceptors (Lipinski definition) is 2. The maximum atomic E-state index is 6.75. The molecule has 7 rings (SSSR count). The lowest BCUT2D eigenvalue weighted by molar-refractivity contribution is 0.162. The average Bonchev–Trinajstić information content (AvgIpc) is 3.05. The van der Waals surface area contributed by atoms with Gasteiger partial charge in [-0.3, -0.25) is 0 Å². The number of ether oxygens (including phenoxy) is 1. The average molecular weight is 556 g/mol. The van der Waals surface area contributed by atoms with Gasteiger partial charge in [-0.1, -0.05) is 98.2 Å². The number of nitrogens with zero attached hydrogens (tertiary/aromatic N) is 1. The number of allylic oxidation sites excluding steroid dienone is 4. The van der Waals surface area contributed by atoms with Gasteiger partial charge in [0, 0.05) is 10.9 Å². The van der Waals surface area contributed by atoms with Gasteiger partial charge >= 0.3 is 0 Å². The summed E-state index contributed by atoms with van der Waals surface area (Å²) in [6.45, 7) is 6.86. The van der Waals surface area contributed by atoms with E-state index in [1.54, 1.807) is 5.57 Å². The maximum Gasteiger partial charge on any atom is 0.134 e. The first-order valence-electron chi connectivity index (χ1n) is 16.6. The zero-order valence-electron chi connectivity index (χ0n) is 25.3. The minimum absolute atomic E-state index is 0.771. The van der Waals surface area contributed by atoms with Gasteiger partial charge in [0.05, 0.1) is 6.61 Å². The number of fused-ring (bicyclic) bond motifs is 5. The number of benzene rings is 4. The molecule has 4 aromatic carbocycles. The second-order valence-electron chi connectivity index (χ2n) is 12.8. The van der Waals surface area contributed by atoms with Gasteiger partial charge in [0.1, 0.15) is 5.75 Å². The Hall–Kier alpha value is -3.36. The van der Waals surface area contributed by atoms with Crippen LogP contribution in [0.5, 0.6) is 5.75 Å². The van der Waals surface area contributed by atoms with Gasteiger partial charge in [0.25, 0.3) is 0 Å². The summed E-state index contributed by atoms with van der Waals surface area (Å²) in [5, 5.41) is 5.21. The lowest BCUT2D eigenvalue weighted by Crippen LogP contribution is -2.34. The van der Waals surface area contributed by atoms with E-state index in [1.165, 1.54) is 120 Å². The number of aryl methyl sites for hydroxylation is 1. The molecule has 2 heteroatoms. The van der Waals surface area contributed by atoms with Crippen LogP contribution in [0.4, 0.5) is 0 Å². The SMILES string of the molecule is CCCCCN1CCC(CCOc2c(-c3ccc4c5c(ccc4c3)C3=C(CCC=C3)CC5)ccc3ccccc23)CC1. The van der Waals surface area contributed by atoms with Crippen LogP contribution in [0.2, 0.25) is 0 Å². The number of likely N-dealkylation sites (tertiary alicyclic amines) is 1. The fraction of sp³-hybridized carbons (Fsp3) is 0.400. The van der Waals surface area contributed by atoms with E-state index in [9.17, 15) is 0 Å². The highest BCUT2D eigenvalue weighted by Crippen LogP contribution is 2.42. The van der Waals surface area contributed by atoms with Gasteiger partial charge in [-0.15, -0.1) is 0 Å². The van der Waals surface area contributed by atoms with Crippen molar-refractivity contribution in [3.63, 3.8) is 0 Å². The van der Waals surface area contributed by atoms with Crippen molar-refractivity contribution in [1.82, 2.24) is 4.90 Å². The van der Waals surface area contributed by atoms with Crippen molar-refractivity contribution in [2.45, 2.75) is 71.1 Å².